The number of nitriles is 1. The van der Waals surface area contributed by atoms with Crippen molar-refractivity contribution in [2.45, 2.75) is 42.0 Å². The predicted molar refractivity (Wildman–Crippen MR) is 131 cm³/mol. The van der Waals surface area contributed by atoms with Crippen LogP contribution in [0.3, 0.4) is 0 Å². The molecule has 1 atom stereocenters. The van der Waals surface area contributed by atoms with Gasteiger partial charge in [0.05, 0.1) is 27.8 Å². The number of likely N-dealkylation sites (N-methyl/N-ethyl adjacent to an activating group) is 1. The molecule has 3 aliphatic rings. The van der Waals surface area contributed by atoms with Gasteiger partial charge in [0, 0.05) is 18.5 Å². The van der Waals surface area contributed by atoms with E-state index in [0.717, 1.165) is 28.3 Å². The molecule has 2 aromatic rings. The zero-order valence-corrected chi connectivity index (χ0v) is 20.5. The van der Waals surface area contributed by atoms with Gasteiger partial charge in [-0.25, -0.2) is 0 Å². The highest BCUT2D eigenvalue weighted by atomic mass is 32.2. The van der Waals surface area contributed by atoms with E-state index >= 15 is 0 Å². The van der Waals surface area contributed by atoms with E-state index in [0.29, 0.717) is 30.0 Å². The van der Waals surface area contributed by atoms with Gasteiger partial charge in [0.25, 0.3) is 11.8 Å². The summed E-state index contributed by atoms with van der Waals surface area (Å²) in [5.41, 5.74) is -2.04. The lowest BCUT2D eigenvalue weighted by atomic mass is 9.75. The molecular weight excluding hydrogens is 513 g/mol. The number of nitrogens with one attached hydrogen (secondary N) is 1. The van der Waals surface area contributed by atoms with Crippen LogP contribution in [0.4, 0.5) is 24.5 Å². The summed E-state index contributed by atoms with van der Waals surface area (Å²) >= 11 is 7.10. The number of halogens is 3. The number of hydrogen-bond donors (Lipinski definition) is 1. The minimum Gasteiger partial charge on any atom is -0.479 e. The van der Waals surface area contributed by atoms with Crippen molar-refractivity contribution in [1.29, 1.82) is 5.26 Å². The molecule has 2 amide bonds. The number of thiocarbonyl (C=S) groups is 1. The average molecular weight is 533 g/mol. The van der Waals surface area contributed by atoms with E-state index < -0.39 is 34.9 Å². The third kappa shape index (κ3) is 3.69. The third-order valence-corrected chi connectivity index (χ3v) is 8.13. The van der Waals surface area contributed by atoms with Gasteiger partial charge in [0.1, 0.15) is 11.3 Å². The number of nitrogens with zero attached hydrogens (tertiary/aromatic N) is 3. The first-order valence-corrected chi connectivity index (χ1v) is 12.5. The molecule has 1 aliphatic carbocycles. The SMILES string of the molecule is CNC(=O)[C@H]1CSc2cc(N3C(=S)N(c4ccc(C#N)c(C(F)(F)F)c4)C(=O)C34CCC4)ccc2O1. The summed E-state index contributed by atoms with van der Waals surface area (Å²) in [6, 6.07) is 9.98. The first-order chi connectivity index (χ1) is 17.1. The summed E-state index contributed by atoms with van der Waals surface area (Å²) in [7, 11) is 1.54. The van der Waals surface area contributed by atoms with E-state index in [2.05, 4.69) is 5.32 Å². The van der Waals surface area contributed by atoms with Gasteiger partial charge in [0.15, 0.2) is 11.2 Å². The largest absolute Gasteiger partial charge is 0.479 e. The second-order valence-electron chi connectivity index (χ2n) is 8.65. The topological polar surface area (TPSA) is 85.7 Å². The lowest BCUT2D eigenvalue weighted by molar-refractivity contribution is -0.137. The minimum absolute atomic E-state index is 0.0332. The molecule has 1 saturated heterocycles. The first kappa shape index (κ1) is 24.4. The van der Waals surface area contributed by atoms with Crippen molar-refractivity contribution in [1.82, 2.24) is 5.32 Å². The number of thioether (sulfide) groups is 1. The number of amides is 2. The van der Waals surface area contributed by atoms with Crippen LogP contribution >= 0.6 is 24.0 Å². The van der Waals surface area contributed by atoms with Gasteiger partial charge in [-0.3, -0.25) is 14.5 Å². The Hall–Kier alpha value is -3.30. The maximum atomic E-state index is 13.6. The first-order valence-electron chi connectivity index (χ1n) is 11.1. The lowest BCUT2D eigenvalue weighted by Crippen LogP contribution is -2.55. The highest BCUT2D eigenvalue weighted by Gasteiger charge is 2.59. The van der Waals surface area contributed by atoms with Crippen molar-refractivity contribution >= 4 is 52.3 Å². The zero-order valence-electron chi connectivity index (χ0n) is 18.9. The Kier molecular flexibility index (Phi) is 5.88. The fourth-order valence-corrected chi connectivity index (χ4v) is 6.18. The molecule has 0 aromatic heterocycles. The molecule has 2 fully saturated rings. The van der Waals surface area contributed by atoms with Crippen LogP contribution in [-0.4, -0.2) is 41.4 Å². The van der Waals surface area contributed by atoms with Crippen LogP contribution in [0.5, 0.6) is 5.75 Å². The van der Waals surface area contributed by atoms with Crippen LogP contribution in [-0.2, 0) is 15.8 Å². The number of hydrogen-bond acceptors (Lipinski definition) is 6. The van der Waals surface area contributed by atoms with E-state index in [-0.39, 0.29) is 16.7 Å². The van der Waals surface area contributed by atoms with Gasteiger partial charge in [-0.2, -0.15) is 18.4 Å². The van der Waals surface area contributed by atoms with E-state index in [1.165, 1.54) is 24.9 Å². The smallest absolute Gasteiger partial charge is 0.417 e. The Bertz CT molecular complexity index is 1340. The molecule has 5 rings (SSSR count). The maximum absolute atomic E-state index is 13.6. The Morgan fingerprint density at radius 2 is 1.97 bits per heavy atom. The zero-order chi connectivity index (χ0) is 25.8. The number of carbonyl (C=O) groups excluding carboxylic acids is 2. The van der Waals surface area contributed by atoms with Crippen molar-refractivity contribution in [2.24, 2.45) is 0 Å². The summed E-state index contributed by atoms with van der Waals surface area (Å²) in [6.45, 7) is 0. The quantitative estimate of drug-likeness (QED) is 0.592. The second-order valence-corrected chi connectivity index (χ2v) is 10.1. The van der Waals surface area contributed by atoms with Crippen molar-refractivity contribution in [2.75, 3.05) is 22.6 Å². The molecular formula is C24H19F3N4O3S2. The predicted octanol–water partition coefficient (Wildman–Crippen LogP) is 4.24. The molecule has 2 aromatic carbocycles. The number of anilines is 2. The van der Waals surface area contributed by atoms with Crippen LogP contribution in [0.1, 0.15) is 30.4 Å². The van der Waals surface area contributed by atoms with Gasteiger partial charge < -0.3 is 15.0 Å². The van der Waals surface area contributed by atoms with Crippen LogP contribution in [0, 0.1) is 11.3 Å². The number of alkyl halides is 3. The van der Waals surface area contributed by atoms with Gasteiger partial charge >= 0.3 is 6.18 Å². The lowest BCUT2D eigenvalue weighted by Gasteiger charge is -2.43. The molecule has 0 unspecified atom stereocenters. The summed E-state index contributed by atoms with van der Waals surface area (Å²) in [4.78, 5) is 29.2. The molecule has 1 saturated carbocycles. The standard InChI is InChI=1S/C24H19F3N4O3S2/c1-29-20(32)18-12-36-19-10-15(5-6-17(19)34-18)31-22(35)30(21(33)23(31)7-2-8-23)14-4-3-13(11-28)16(9-14)24(25,26)27/h3-6,9-10,18H,2,7-8,12H2,1H3,(H,29,32)/t18-/m1/s1. The monoisotopic (exact) mass is 532 g/mol. The highest BCUT2D eigenvalue weighted by Crippen LogP contribution is 2.50. The minimum atomic E-state index is -4.76. The van der Waals surface area contributed by atoms with E-state index in [1.54, 1.807) is 23.1 Å². The Morgan fingerprint density at radius 1 is 1.25 bits per heavy atom. The molecule has 1 spiro atoms. The number of fused-ring (bicyclic) bond motifs is 1. The molecule has 2 aliphatic heterocycles. The van der Waals surface area contributed by atoms with Crippen molar-refractivity contribution in [3.8, 4) is 11.8 Å². The number of rotatable bonds is 3. The summed E-state index contributed by atoms with van der Waals surface area (Å²) < 4.78 is 46.6. The summed E-state index contributed by atoms with van der Waals surface area (Å²) in [5, 5.41) is 11.8. The highest BCUT2D eigenvalue weighted by molar-refractivity contribution is 7.99. The molecule has 186 valence electrons. The summed E-state index contributed by atoms with van der Waals surface area (Å²) in [6.07, 6.45) is -3.60. The molecule has 2 heterocycles. The normalized spacial score (nSPS) is 20.5. The molecule has 7 nitrogen and oxygen atoms in total. The number of carbonyl (C=O) groups is 2. The van der Waals surface area contributed by atoms with Crippen LogP contribution in [0.25, 0.3) is 0 Å². The number of ether oxygens (including phenoxy) is 1. The molecule has 12 heteroatoms. The van der Waals surface area contributed by atoms with Crippen molar-refractivity contribution in [3.05, 3.63) is 47.5 Å². The van der Waals surface area contributed by atoms with Gasteiger partial charge in [0.2, 0.25) is 0 Å². The van der Waals surface area contributed by atoms with Crippen molar-refractivity contribution < 1.29 is 27.5 Å². The van der Waals surface area contributed by atoms with Gasteiger partial charge in [-0.05, 0) is 67.9 Å². The fourth-order valence-electron chi connectivity index (χ4n) is 4.70. The number of benzene rings is 2. The summed E-state index contributed by atoms with van der Waals surface area (Å²) in [5.74, 6) is 0.315. The molecule has 0 radical (unpaired) electrons. The van der Waals surface area contributed by atoms with Crippen molar-refractivity contribution in [3.63, 3.8) is 0 Å². The Morgan fingerprint density at radius 3 is 2.58 bits per heavy atom. The average Bonchev–Trinajstić information content (AvgIpc) is 3.08. The van der Waals surface area contributed by atoms with Crippen LogP contribution < -0.4 is 19.9 Å². The Labute approximate surface area is 214 Å². The van der Waals surface area contributed by atoms with E-state index in [9.17, 15) is 22.8 Å². The van der Waals surface area contributed by atoms with Gasteiger partial charge in [-0.15, -0.1) is 11.8 Å². The maximum Gasteiger partial charge on any atom is 0.417 e. The second kappa shape index (κ2) is 8.67. The van der Waals surface area contributed by atoms with Crippen LogP contribution in [0.15, 0.2) is 41.3 Å². The fraction of sp³-hybridized carbons (Fsp3) is 0.333. The third-order valence-electron chi connectivity index (χ3n) is 6.66. The molecule has 1 N–H and O–H groups in total. The molecule has 36 heavy (non-hydrogen) atoms. The Balaban J connectivity index is 1.52. The molecule has 0 bridgehead atoms. The van der Waals surface area contributed by atoms with E-state index in [4.69, 9.17) is 22.2 Å². The van der Waals surface area contributed by atoms with E-state index in [1.807, 2.05) is 6.07 Å². The van der Waals surface area contributed by atoms with Gasteiger partial charge in [-0.1, -0.05) is 0 Å². The van der Waals surface area contributed by atoms with Crippen LogP contribution in [0.2, 0.25) is 0 Å².